The monoisotopic (exact) mass is 590 g/mol. The Balaban J connectivity index is 1.86. The maximum Gasteiger partial charge on any atom is 0.284 e. The van der Waals surface area contributed by atoms with Gasteiger partial charge in [-0.15, -0.1) is 0 Å². The number of hydrogen-bond donors (Lipinski definition) is 1. The van der Waals surface area contributed by atoms with Crippen LogP contribution in [0.25, 0.3) is 33.3 Å². The quantitative estimate of drug-likeness (QED) is 0.201. The maximum absolute atomic E-state index is 14.4. The zero-order valence-corrected chi connectivity index (χ0v) is 24.5. The van der Waals surface area contributed by atoms with Gasteiger partial charge in [0.15, 0.2) is 28.8 Å². The van der Waals surface area contributed by atoms with Gasteiger partial charge in [-0.05, 0) is 30.7 Å². The zero-order valence-electron chi connectivity index (χ0n) is 24.5. The minimum absolute atomic E-state index is 0.0221. The van der Waals surface area contributed by atoms with Gasteiger partial charge in [0.1, 0.15) is 11.0 Å². The van der Waals surface area contributed by atoms with Crippen molar-refractivity contribution in [2.24, 2.45) is 0 Å². The van der Waals surface area contributed by atoms with Crippen molar-refractivity contribution in [2.45, 2.75) is 13.3 Å². The van der Waals surface area contributed by atoms with E-state index in [-0.39, 0.29) is 39.9 Å². The van der Waals surface area contributed by atoms with E-state index in [9.17, 15) is 9.90 Å². The highest BCUT2D eigenvalue weighted by molar-refractivity contribution is 5.92. The molecule has 0 amide bonds. The van der Waals surface area contributed by atoms with Crippen LogP contribution in [-0.4, -0.2) is 57.2 Å². The number of para-hydroxylation sites is 2. The molecule has 2 heterocycles. The van der Waals surface area contributed by atoms with E-state index in [1.807, 2.05) is 6.92 Å². The molecule has 224 valence electrons. The average molecular weight is 591 g/mol. The number of benzene rings is 3. The Bertz CT molecular complexity index is 1840. The zero-order chi connectivity index (χ0) is 30.7. The molecule has 0 bridgehead atoms. The lowest BCUT2D eigenvalue weighted by atomic mass is 10.1. The van der Waals surface area contributed by atoms with Crippen molar-refractivity contribution < 1.29 is 42.7 Å². The molecular formula is C31H30N2O10. The third-order valence-electron chi connectivity index (χ3n) is 6.54. The van der Waals surface area contributed by atoms with Gasteiger partial charge < -0.3 is 42.7 Å². The lowest BCUT2D eigenvalue weighted by molar-refractivity contribution is 0.276. The second-order valence-corrected chi connectivity index (χ2v) is 9.11. The summed E-state index contributed by atoms with van der Waals surface area (Å²) >= 11 is 0. The number of hydrogen-bond acceptors (Lipinski definition) is 12. The van der Waals surface area contributed by atoms with Gasteiger partial charge >= 0.3 is 0 Å². The van der Waals surface area contributed by atoms with Crippen LogP contribution >= 0.6 is 0 Å². The van der Waals surface area contributed by atoms with E-state index in [2.05, 4.69) is 9.97 Å². The predicted molar refractivity (Wildman–Crippen MR) is 158 cm³/mol. The fourth-order valence-electron chi connectivity index (χ4n) is 4.58. The fraction of sp³-hybridized carbons (Fsp3) is 0.258. The molecule has 12 nitrogen and oxygen atoms in total. The van der Waals surface area contributed by atoms with Crippen molar-refractivity contribution in [3.8, 4) is 63.3 Å². The Kier molecular flexibility index (Phi) is 8.28. The van der Waals surface area contributed by atoms with E-state index in [1.165, 1.54) is 41.6 Å². The predicted octanol–water partition coefficient (Wildman–Crippen LogP) is 5.73. The molecule has 0 spiro atoms. The molecule has 0 radical (unpaired) electrons. The Hall–Kier alpha value is -5.39. The van der Waals surface area contributed by atoms with Crippen LogP contribution in [0.2, 0.25) is 0 Å². The molecule has 0 fully saturated rings. The first-order chi connectivity index (χ1) is 20.9. The van der Waals surface area contributed by atoms with E-state index >= 15 is 0 Å². The van der Waals surface area contributed by atoms with Crippen molar-refractivity contribution in [3.05, 3.63) is 52.7 Å². The van der Waals surface area contributed by atoms with Crippen LogP contribution in [0, 0.1) is 0 Å². The van der Waals surface area contributed by atoms with Crippen molar-refractivity contribution in [2.75, 3.05) is 42.2 Å². The summed E-state index contributed by atoms with van der Waals surface area (Å²) in [6.45, 7) is 2.29. The molecule has 12 heteroatoms. The van der Waals surface area contributed by atoms with Gasteiger partial charge in [-0.1, -0.05) is 19.1 Å². The van der Waals surface area contributed by atoms with Gasteiger partial charge in [0, 0.05) is 11.6 Å². The third kappa shape index (κ3) is 5.23. The first kappa shape index (κ1) is 29.1. The molecule has 1 N–H and O–H groups in total. The molecule has 0 saturated heterocycles. The van der Waals surface area contributed by atoms with E-state index in [1.54, 1.807) is 36.4 Å². The normalized spacial score (nSPS) is 10.9. The number of ether oxygens (including phenoxy) is 7. The first-order valence-corrected chi connectivity index (χ1v) is 13.2. The molecule has 2 aromatic heterocycles. The summed E-state index contributed by atoms with van der Waals surface area (Å²) in [6, 6.07) is 11.6. The molecule has 0 aliphatic heterocycles. The molecule has 0 unspecified atom stereocenters. The Morgan fingerprint density at radius 2 is 1.37 bits per heavy atom. The topological polar surface area (TPSA) is 141 Å². The third-order valence-corrected chi connectivity index (χ3v) is 6.54. The van der Waals surface area contributed by atoms with Crippen molar-refractivity contribution in [1.29, 1.82) is 0 Å². The van der Waals surface area contributed by atoms with Crippen molar-refractivity contribution >= 4 is 22.0 Å². The lowest BCUT2D eigenvalue weighted by Crippen LogP contribution is -2.11. The smallest absolute Gasteiger partial charge is 0.284 e. The highest BCUT2D eigenvalue weighted by Crippen LogP contribution is 2.47. The van der Waals surface area contributed by atoms with Gasteiger partial charge in [-0.3, -0.25) is 4.79 Å². The fourth-order valence-corrected chi connectivity index (χ4v) is 4.58. The van der Waals surface area contributed by atoms with Gasteiger partial charge in [-0.25, -0.2) is 9.97 Å². The van der Waals surface area contributed by atoms with Gasteiger partial charge in [0.2, 0.25) is 22.7 Å². The highest BCUT2D eigenvalue weighted by atomic mass is 16.5. The number of methoxy groups -OCH3 is 5. The standard InChI is InChI=1S/C31H30N2O10/c1-7-12-41-27-22(38-4)15-19-23(28(27)40-6)24(34)29(43-31-30(35)32-17-10-8-9-11-18(17)33-31)25(42-19)16-13-20(36-2)26(39-5)21(14-16)37-3/h8-11,13-15H,7,12H2,1-6H3,(H,32,35). The summed E-state index contributed by atoms with van der Waals surface area (Å²) in [5, 5.41) is 10.8. The lowest BCUT2D eigenvalue weighted by Gasteiger charge is -2.18. The van der Waals surface area contributed by atoms with E-state index in [0.717, 1.165) is 0 Å². The molecular weight excluding hydrogens is 560 g/mol. The average Bonchev–Trinajstić information content (AvgIpc) is 3.03. The van der Waals surface area contributed by atoms with Gasteiger partial charge in [0.25, 0.3) is 11.8 Å². The van der Waals surface area contributed by atoms with Gasteiger partial charge in [0.05, 0.1) is 53.2 Å². The Morgan fingerprint density at radius 3 is 1.95 bits per heavy atom. The van der Waals surface area contributed by atoms with Crippen LogP contribution in [0.15, 0.2) is 51.7 Å². The first-order valence-electron chi connectivity index (χ1n) is 13.2. The second kappa shape index (κ2) is 12.2. The minimum atomic E-state index is -0.639. The van der Waals surface area contributed by atoms with E-state index in [0.29, 0.717) is 52.6 Å². The SMILES string of the molecule is CCCOc1c(OC)cc2oc(-c3cc(OC)c(OC)c(OC)c3)c(Oc3nc4ccccc4nc3O)c(=O)c2c1OC. The molecule has 0 aliphatic carbocycles. The summed E-state index contributed by atoms with van der Waals surface area (Å²) in [7, 11) is 7.27. The Morgan fingerprint density at radius 1 is 0.767 bits per heavy atom. The van der Waals surface area contributed by atoms with Crippen LogP contribution in [0.1, 0.15) is 13.3 Å². The van der Waals surface area contributed by atoms with Crippen LogP contribution in [-0.2, 0) is 0 Å². The minimum Gasteiger partial charge on any atom is -0.493 e. The summed E-state index contributed by atoms with van der Waals surface area (Å²) < 4.78 is 46.0. The van der Waals surface area contributed by atoms with E-state index < -0.39 is 11.3 Å². The summed E-state index contributed by atoms with van der Waals surface area (Å²) in [5.74, 6) is 0.371. The maximum atomic E-state index is 14.4. The van der Waals surface area contributed by atoms with Crippen molar-refractivity contribution in [3.63, 3.8) is 0 Å². The molecule has 0 saturated carbocycles. The van der Waals surface area contributed by atoms with Gasteiger partial charge in [-0.2, -0.15) is 0 Å². The number of aromatic hydroxyl groups is 1. The largest absolute Gasteiger partial charge is 0.493 e. The second-order valence-electron chi connectivity index (χ2n) is 9.11. The molecule has 0 aliphatic rings. The van der Waals surface area contributed by atoms with Crippen molar-refractivity contribution in [1.82, 2.24) is 9.97 Å². The summed E-state index contributed by atoms with van der Waals surface area (Å²) in [5.41, 5.74) is 0.690. The van der Waals surface area contributed by atoms with E-state index in [4.69, 9.17) is 37.6 Å². The number of fused-ring (bicyclic) bond motifs is 2. The van der Waals surface area contributed by atoms with Crippen LogP contribution in [0.5, 0.6) is 52.0 Å². The number of nitrogens with zero attached hydrogens (tertiary/aromatic N) is 2. The Labute approximate surface area is 246 Å². The van der Waals surface area contributed by atoms with Crippen LogP contribution in [0.4, 0.5) is 0 Å². The number of rotatable bonds is 11. The number of aromatic nitrogens is 2. The molecule has 3 aromatic carbocycles. The summed E-state index contributed by atoms with van der Waals surface area (Å²) in [4.78, 5) is 22.9. The molecule has 5 aromatic rings. The molecule has 0 atom stereocenters. The van der Waals surface area contributed by atoms with Crippen LogP contribution < -0.4 is 38.6 Å². The molecule has 43 heavy (non-hydrogen) atoms. The molecule has 5 rings (SSSR count). The summed E-state index contributed by atoms with van der Waals surface area (Å²) in [6.07, 6.45) is 0.702. The highest BCUT2D eigenvalue weighted by Gasteiger charge is 2.28. The van der Waals surface area contributed by atoms with Crippen LogP contribution in [0.3, 0.4) is 0 Å².